The van der Waals surface area contributed by atoms with Crippen molar-refractivity contribution in [2.75, 3.05) is 13.6 Å². The first-order chi connectivity index (χ1) is 5.79. The van der Waals surface area contributed by atoms with Crippen molar-refractivity contribution in [3.63, 3.8) is 0 Å². The van der Waals surface area contributed by atoms with Gasteiger partial charge in [0.25, 0.3) is 0 Å². The summed E-state index contributed by atoms with van der Waals surface area (Å²) in [5, 5.41) is 0. The van der Waals surface area contributed by atoms with E-state index in [0.717, 1.165) is 25.1 Å². The Morgan fingerprint density at radius 3 is 3.00 bits per heavy atom. The third-order valence-corrected chi connectivity index (χ3v) is 2.18. The smallest absolute Gasteiger partial charge is 0.365 e. The minimum absolute atomic E-state index is 0.321. The number of carbonyl (C=O) groups excluding carboxylic acids is 1. The Labute approximate surface area is 70.5 Å². The van der Waals surface area contributed by atoms with Crippen LogP contribution in [-0.4, -0.2) is 30.9 Å². The number of hydrogen-bond donors (Lipinski definition) is 0. The molecule has 0 aromatic carbocycles. The quantitative estimate of drug-likeness (QED) is 0.389. The largest absolute Gasteiger partial charge is 0.410 e. The Kier molecular flexibility index (Phi) is 1.60. The van der Waals surface area contributed by atoms with E-state index >= 15 is 0 Å². The van der Waals surface area contributed by atoms with Gasteiger partial charge in [-0.15, -0.1) is 0 Å². The Bertz CT molecular complexity index is 281. The zero-order valence-electron chi connectivity index (χ0n) is 6.91. The van der Waals surface area contributed by atoms with Crippen molar-refractivity contribution in [2.24, 2.45) is 4.99 Å². The molecule has 1 saturated heterocycles. The van der Waals surface area contributed by atoms with Crippen LogP contribution in [0.4, 0.5) is 0 Å². The zero-order valence-corrected chi connectivity index (χ0v) is 6.91. The summed E-state index contributed by atoms with van der Waals surface area (Å²) in [6.45, 7) is 1.00. The van der Waals surface area contributed by atoms with Gasteiger partial charge >= 0.3 is 5.97 Å². The number of aliphatic imine (C=N–C) groups is 1. The van der Waals surface area contributed by atoms with Crippen molar-refractivity contribution < 1.29 is 9.53 Å². The van der Waals surface area contributed by atoms with Crippen molar-refractivity contribution in [1.29, 1.82) is 0 Å². The number of hydrogen-bond acceptors (Lipinski definition) is 4. The average Bonchev–Trinajstić information content (AvgIpc) is 2.59. The average molecular weight is 166 g/mol. The number of rotatable bonds is 0. The minimum atomic E-state index is -0.321. The Morgan fingerprint density at radius 1 is 1.67 bits per heavy atom. The molecular weight excluding hydrogens is 156 g/mol. The first kappa shape index (κ1) is 7.34. The number of nitrogens with zero attached hydrogens (tertiary/aromatic N) is 2. The van der Waals surface area contributed by atoms with Crippen LogP contribution in [0.3, 0.4) is 0 Å². The van der Waals surface area contributed by atoms with Crippen LogP contribution in [0.1, 0.15) is 12.8 Å². The van der Waals surface area contributed by atoms with E-state index in [-0.39, 0.29) is 5.97 Å². The van der Waals surface area contributed by atoms with Crippen LogP contribution in [0.25, 0.3) is 0 Å². The normalized spacial score (nSPS) is 28.4. The molecule has 2 aliphatic rings. The van der Waals surface area contributed by atoms with Crippen molar-refractivity contribution in [2.45, 2.75) is 12.8 Å². The van der Waals surface area contributed by atoms with Crippen molar-refractivity contribution >= 4 is 12.4 Å². The van der Waals surface area contributed by atoms with Crippen LogP contribution in [0, 0.1) is 0 Å². The van der Waals surface area contributed by atoms with E-state index in [9.17, 15) is 4.79 Å². The molecule has 0 atom stereocenters. The molecule has 1 fully saturated rings. The molecule has 2 rings (SSSR count). The van der Waals surface area contributed by atoms with Gasteiger partial charge in [-0.25, -0.2) is 9.79 Å². The molecule has 0 radical (unpaired) electrons. The number of ether oxygens (including phenoxy) is 1. The van der Waals surface area contributed by atoms with E-state index in [1.165, 1.54) is 6.40 Å². The highest BCUT2D eigenvalue weighted by molar-refractivity contribution is 5.98. The van der Waals surface area contributed by atoms with E-state index < -0.39 is 0 Å². The predicted octanol–water partition coefficient (Wildman–Crippen LogP) is 0.509. The molecular formula is C8H10N2O2. The van der Waals surface area contributed by atoms with Gasteiger partial charge in [-0.05, 0) is 12.8 Å². The molecule has 0 aliphatic carbocycles. The summed E-state index contributed by atoms with van der Waals surface area (Å²) >= 11 is 0. The lowest BCUT2D eigenvalue weighted by atomic mass is 10.2. The molecule has 64 valence electrons. The fourth-order valence-corrected chi connectivity index (χ4v) is 1.54. The molecule has 2 aliphatic heterocycles. The summed E-state index contributed by atoms with van der Waals surface area (Å²) in [4.78, 5) is 17.0. The third kappa shape index (κ3) is 0.995. The maximum atomic E-state index is 11.1. The van der Waals surface area contributed by atoms with Crippen molar-refractivity contribution in [3.8, 4) is 0 Å². The van der Waals surface area contributed by atoms with Gasteiger partial charge in [-0.2, -0.15) is 0 Å². The molecule has 0 aromatic rings. The lowest BCUT2D eigenvalue weighted by Crippen LogP contribution is -2.14. The lowest BCUT2D eigenvalue weighted by molar-refractivity contribution is -0.129. The maximum Gasteiger partial charge on any atom is 0.365 e. The molecule has 4 heteroatoms. The SMILES string of the molecule is CN1CCCC1=C1N=COC1=O. The van der Waals surface area contributed by atoms with Crippen LogP contribution in [0.5, 0.6) is 0 Å². The highest BCUT2D eigenvalue weighted by atomic mass is 16.5. The van der Waals surface area contributed by atoms with Crippen LogP contribution >= 0.6 is 0 Å². The second-order valence-corrected chi connectivity index (χ2v) is 2.96. The lowest BCUT2D eigenvalue weighted by Gasteiger charge is -2.12. The van der Waals surface area contributed by atoms with Gasteiger partial charge in [0.05, 0.1) is 0 Å². The van der Waals surface area contributed by atoms with E-state index in [2.05, 4.69) is 14.6 Å². The highest BCUT2D eigenvalue weighted by Crippen LogP contribution is 2.25. The second-order valence-electron chi connectivity index (χ2n) is 2.96. The fraction of sp³-hybridized carbons (Fsp3) is 0.500. The standard InChI is InChI=1S/C8H10N2O2/c1-10-4-2-3-6(10)7-8(11)12-5-9-7/h5H,2-4H2,1H3. The fourth-order valence-electron chi connectivity index (χ4n) is 1.54. The Morgan fingerprint density at radius 2 is 2.50 bits per heavy atom. The predicted molar refractivity (Wildman–Crippen MR) is 43.5 cm³/mol. The second kappa shape index (κ2) is 2.62. The van der Waals surface area contributed by atoms with Crippen molar-refractivity contribution in [1.82, 2.24) is 4.90 Å². The molecule has 0 amide bonds. The summed E-state index contributed by atoms with van der Waals surface area (Å²) in [6.07, 6.45) is 3.23. The highest BCUT2D eigenvalue weighted by Gasteiger charge is 2.25. The number of carbonyl (C=O) groups is 1. The molecule has 0 spiro atoms. The molecule has 0 aromatic heterocycles. The third-order valence-electron chi connectivity index (χ3n) is 2.18. The van der Waals surface area contributed by atoms with Crippen LogP contribution in [-0.2, 0) is 9.53 Å². The summed E-state index contributed by atoms with van der Waals surface area (Å²) in [6, 6.07) is 0. The zero-order chi connectivity index (χ0) is 8.55. The van der Waals surface area contributed by atoms with Crippen molar-refractivity contribution in [3.05, 3.63) is 11.4 Å². The van der Waals surface area contributed by atoms with Crippen LogP contribution in [0.2, 0.25) is 0 Å². The van der Waals surface area contributed by atoms with E-state index in [1.807, 2.05) is 7.05 Å². The summed E-state index contributed by atoms with van der Waals surface area (Å²) in [5.74, 6) is -0.321. The molecule has 12 heavy (non-hydrogen) atoms. The molecule has 0 saturated carbocycles. The number of allylic oxidation sites excluding steroid dienone is 1. The van der Waals surface area contributed by atoms with Gasteiger partial charge < -0.3 is 9.64 Å². The van der Waals surface area contributed by atoms with Gasteiger partial charge in [0.1, 0.15) is 0 Å². The van der Waals surface area contributed by atoms with E-state index in [0.29, 0.717) is 5.70 Å². The summed E-state index contributed by atoms with van der Waals surface area (Å²) in [7, 11) is 1.97. The first-order valence-electron chi connectivity index (χ1n) is 3.97. The van der Waals surface area contributed by atoms with Crippen LogP contribution < -0.4 is 0 Å². The number of cyclic esters (lactones) is 1. The molecule has 0 N–H and O–H groups in total. The van der Waals surface area contributed by atoms with E-state index in [4.69, 9.17) is 0 Å². The molecule has 0 bridgehead atoms. The monoisotopic (exact) mass is 166 g/mol. The van der Waals surface area contributed by atoms with Crippen LogP contribution in [0.15, 0.2) is 16.4 Å². The minimum Gasteiger partial charge on any atom is -0.410 e. The van der Waals surface area contributed by atoms with Gasteiger partial charge in [0.2, 0.25) is 0 Å². The summed E-state index contributed by atoms with van der Waals surface area (Å²) < 4.78 is 4.61. The van der Waals surface area contributed by atoms with E-state index in [1.54, 1.807) is 0 Å². The van der Waals surface area contributed by atoms with Gasteiger partial charge in [0, 0.05) is 19.3 Å². The number of esters is 1. The van der Waals surface area contributed by atoms with Gasteiger partial charge in [-0.3, -0.25) is 0 Å². The topological polar surface area (TPSA) is 41.9 Å². The molecule has 2 heterocycles. The number of likely N-dealkylation sites (tertiary alicyclic amines) is 1. The first-order valence-corrected chi connectivity index (χ1v) is 3.97. The Hall–Kier alpha value is -1.32. The Balaban J connectivity index is 2.34. The molecule has 0 unspecified atom stereocenters. The molecule has 4 nitrogen and oxygen atoms in total. The summed E-state index contributed by atoms with van der Waals surface area (Å²) in [5.41, 5.74) is 1.49. The van der Waals surface area contributed by atoms with Gasteiger partial charge in [-0.1, -0.05) is 0 Å². The van der Waals surface area contributed by atoms with Gasteiger partial charge in [0.15, 0.2) is 12.1 Å². The maximum absolute atomic E-state index is 11.1.